The monoisotopic (exact) mass is 471 g/mol. The second kappa shape index (κ2) is 8.69. The number of fused-ring (bicyclic) bond motifs is 1. The van der Waals surface area contributed by atoms with Crippen LogP contribution in [0.25, 0.3) is 10.9 Å². The van der Waals surface area contributed by atoms with Gasteiger partial charge in [-0.2, -0.15) is 13.2 Å². The molecule has 3 aromatic rings. The average molecular weight is 472 g/mol. The smallest absolute Gasteiger partial charge is 0.378 e. The molecule has 2 fully saturated rings. The van der Waals surface area contributed by atoms with Crippen LogP contribution < -0.4 is 10.4 Å². The van der Waals surface area contributed by atoms with Crippen molar-refractivity contribution >= 4 is 16.7 Å². The van der Waals surface area contributed by atoms with Gasteiger partial charge in [-0.05, 0) is 56.9 Å². The van der Waals surface area contributed by atoms with Gasteiger partial charge in [0.05, 0.1) is 36.5 Å². The summed E-state index contributed by atoms with van der Waals surface area (Å²) in [6.45, 7) is 8.09. The maximum absolute atomic E-state index is 13.5. The molecule has 2 aromatic heterocycles. The average Bonchev–Trinajstić information content (AvgIpc) is 3.64. The first kappa shape index (κ1) is 22.8. The van der Waals surface area contributed by atoms with Crippen LogP contribution in [0.2, 0.25) is 0 Å². The molecule has 1 aliphatic heterocycles. The van der Waals surface area contributed by atoms with Gasteiger partial charge < -0.3 is 14.2 Å². The molecular formula is C25H28F3N5O. The summed E-state index contributed by atoms with van der Waals surface area (Å²) < 4.78 is 48.1. The summed E-state index contributed by atoms with van der Waals surface area (Å²) in [6, 6.07) is 6.20. The Hall–Kier alpha value is -2.94. The van der Waals surface area contributed by atoms with Crippen LogP contribution in [0, 0.1) is 13.8 Å². The number of aromatic nitrogens is 3. The van der Waals surface area contributed by atoms with Crippen molar-refractivity contribution in [2.75, 3.05) is 31.2 Å². The molecule has 3 heterocycles. The van der Waals surface area contributed by atoms with Gasteiger partial charge in [-0.15, -0.1) is 0 Å². The van der Waals surface area contributed by atoms with E-state index < -0.39 is 17.8 Å². The lowest BCUT2D eigenvalue weighted by molar-refractivity contribution is -0.138. The number of benzene rings is 1. The van der Waals surface area contributed by atoms with Crippen LogP contribution >= 0.6 is 0 Å². The number of alkyl halides is 3. The fourth-order valence-electron chi connectivity index (χ4n) is 4.77. The standard InChI is InChI=1S/C25H28F3N5O/c1-15-19(5-4-6-21(15)25(26,27)28)16(2)30-24-20-13-23(32-9-11-34-12-10-32)29-14-22(20)33(17(3)31-24)18-7-8-18/h4-6,13-14,16,18H,7-12H2,1-3H3/t16-/m1/s1. The third-order valence-corrected chi connectivity index (χ3v) is 6.68. The molecule has 9 heteroatoms. The van der Waals surface area contributed by atoms with Gasteiger partial charge in [0.15, 0.2) is 5.49 Å². The molecule has 0 N–H and O–H groups in total. The lowest BCUT2D eigenvalue weighted by atomic mass is 9.97. The van der Waals surface area contributed by atoms with Gasteiger partial charge in [-0.25, -0.2) is 9.97 Å². The first-order chi connectivity index (χ1) is 16.2. The lowest BCUT2D eigenvalue weighted by Gasteiger charge is -2.28. The third-order valence-electron chi connectivity index (χ3n) is 6.68. The molecule has 1 saturated carbocycles. The quantitative estimate of drug-likeness (QED) is 0.543. The summed E-state index contributed by atoms with van der Waals surface area (Å²) in [4.78, 5) is 16.6. The molecule has 0 radical (unpaired) electrons. The van der Waals surface area contributed by atoms with Crippen LogP contribution in [0.3, 0.4) is 0 Å². The summed E-state index contributed by atoms with van der Waals surface area (Å²) in [6.07, 6.45) is -0.317. The Balaban J connectivity index is 1.66. The molecule has 1 atom stereocenters. The molecular weight excluding hydrogens is 443 g/mol. The van der Waals surface area contributed by atoms with Crippen molar-refractivity contribution in [3.8, 4) is 0 Å². The van der Waals surface area contributed by atoms with Gasteiger partial charge in [0.1, 0.15) is 11.6 Å². The predicted octanol–water partition coefficient (Wildman–Crippen LogP) is 4.90. The highest BCUT2D eigenvalue weighted by Gasteiger charge is 2.33. The number of pyridine rings is 1. The van der Waals surface area contributed by atoms with E-state index in [4.69, 9.17) is 19.7 Å². The maximum Gasteiger partial charge on any atom is 0.416 e. The molecule has 34 heavy (non-hydrogen) atoms. The van der Waals surface area contributed by atoms with Gasteiger partial charge in [0.2, 0.25) is 0 Å². The normalized spacial score (nSPS) is 18.5. The summed E-state index contributed by atoms with van der Waals surface area (Å²) in [5, 5.41) is 0.866. The number of morpholine rings is 1. The van der Waals surface area contributed by atoms with E-state index in [-0.39, 0.29) is 5.56 Å². The molecule has 0 bridgehead atoms. The van der Waals surface area contributed by atoms with E-state index in [1.165, 1.54) is 13.0 Å². The highest BCUT2D eigenvalue weighted by atomic mass is 19.4. The van der Waals surface area contributed by atoms with Crippen LogP contribution in [-0.2, 0) is 10.9 Å². The second-order valence-electron chi connectivity index (χ2n) is 9.07. The summed E-state index contributed by atoms with van der Waals surface area (Å²) >= 11 is 0. The van der Waals surface area contributed by atoms with E-state index in [1.54, 1.807) is 6.07 Å². The van der Waals surface area contributed by atoms with Crippen LogP contribution in [0.1, 0.15) is 54.4 Å². The third kappa shape index (κ3) is 4.29. The number of halogens is 3. The van der Waals surface area contributed by atoms with Crippen molar-refractivity contribution in [1.82, 2.24) is 14.5 Å². The zero-order valence-electron chi connectivity index (χ0n) is 19.6. The zero-order chi connectivity index (χ0) is 24.0. The first-order valence-electron chi connectivity index (χ1n) is 11.7. The fourth-order valence-corrected chi connectivity index (χ4v) is 4.77. The van der Waals surface area contributed by atoms with E-state index in [0.717, 1.165) is 54.5 Å². The van der Waals surface area contributed by atoms with Crippen LogP contribution in [0.4, 0.5) is 19.0 Å². The summed E-state index contributed by atoms with van der Waals surface area (Å²) in [7, 11) is 0. The number of ether oxygens (including phenoxy) is 1. The van der Waals surface area contributed by atoms with Crippen molar-refractivity contribution in [2.45, 2.75) is 51.9 Å². The van der Waals surface area contributed by atoms with E-state index in [2.05, 4.69) is 9.47 Å². The molecule has 1 aromatic carbocycles. The predicted molar refractivity (Wildman–Crippen MR) is 124 cm³/mol. The van der Waals surface area contributed by atoms with E-state index in [1.807, 2.05) is 26.1 Å². The Morgan fingerprint density at radius 1 is 1.15 bits per heavy atom. The zero-order valence-corrected chi connectivity index (χ0v) is 19.6. The molecule has 180 valence electrons. The minimum atomic E-state index is -4.40. The van der Waals surface area contributed by atoms with Gasteiger partial charge in [0.25, 0.3) is 0 Å². The van der Waals surface area contributed by atoms with Gasteiger partial charge in [-0.3, -0.25) is 4.99 Å². The van der Waals surface area contributed by atoms with Crippen molar-refractivity contribution in [2.24, 2.45) is 4.99 Å². The van der Waals surface area contributed by atoms with Gasteiger partial charge in [0, 0.05) is 24.5 Å². The number of nitrogens with zero attached hydrogens (tertiary/aromatic N) is 5. The number of anilines is 1. The van der Waals surface area contributed by atoms with Gasteiger partial charge in [-0.1, -0.05) is 12.1 Å². The number of hydrogen-bond donors (Lipinski definition) is 0. The molecule has 0 unspecified atom stereocenters. The topological polar surface area (TPSA) is 55.5 Å². The molecule has 0 spiro atoms. The van der Waals surface area contributed by atoms with E-state index >= 15 is 0 Å². The Kier molecular flexibility index (Phi) is 5.83. The van der Waals surface area contributed by atoms with E-state index in [0.29, 0.717) is 30.3 Å². The highest BCUT2D eigenvalue weighted by molar-refractivity contribution is 5.80. The van der Waals surface area contributed by atoms with Crippen molar-refractivity contribution in [1.29, 1.82) is 0 Å². The maximum atomic E-state index is 13.5. The highest BCUT2D eigenvalue weighted by Crippen LogP contribution is 2.38. The minimum absolute atomic E-state index is 0.201. The molecule has 6 nitrogen and oxygen atoms in total. The summed E-state index contributed by atoms with van der Waals surface area (Å²) in [5.74, 6) is 1.67. The molecule has 1 saturated heterocycles. The Morgan fingerprint density at radius 3 is 2.56 bits per heavy atom. The summed E-state index contributed by atoms with van der Waals surface area (Å²) in [5.41, 5.74) is 1.61. The Bertz CT molecular complexity index is 1290. The molecule has 0 amide bonds. The molecule has 1 aliphatic carbocycles. The molecule has 2 aliphatic rings. The number of hydrogen-bond acceptors (Lipinski definition) is 5. The Morgan fingerprint density at radius 2 is 1.88 bits per heavy atom. The molecule has 5 rings (SSSR count). The minimum Gasteiger partial charge on any atom is -0.378 e. The van der Waals surface area contributed by atoms with Crippen LogP contribution in [0.15, 0.2) is 35.5 Å². The van der Waals surface area contributed by atoms with Crippen LogP contribution in [0.5, 0.6) is 0 Å². The van der Waals surface area contributed by atoms with Crippen molar-refractivity contribution in [3.05, 3.63) is 58.5 Å². The van der Waals surface area contributed by atoms with Crippen LogP contribution in [-0.4, -0.2) is 40.8 Å². The van der Waals surface area contributed by atoms with Crippen molar-refractivity contribution < 1.29 is 17.9 Å². The lowest BCUT2D eigenvalue weighted by Crippen LogP contribution is -2.36. The first-order valence-corrected chi connectivity index (χ1v) is 11.7. The number of aryl methyl sites for hydroxylation is 1. The Labute approximate surface area is 196 Å². The fraction of sp³-hybridized carbons (Fsp3) is 0.480. The second-order valence-corrected chi connectivity index (χ2v) is 9.07. The number of rotatable bonds is 4. The van der Waals surface area contributed by atoms with Gasteiger partial charge >= 0.3 is 6.18 Å². The largest absolute Gasteiger partial charge is 0.416 e. The van der Waals surface area contributed by atoms with Crippen molar-refractivity contribution in [3.63, 3.8) is 0 Å². The SMILES string of the molecule is Cc1c([C@@H](C)N=c2nc(C)n(C3CC3)c3cnc(N4CCOCC4)cc23)cccc1C(F)(F)F. The van der Waals surface area contributed by atoms with E-state index in [9.17, 15) is 13.2 Å².